The van der Waals surface area contributed by atoms with Gasteiger partial charge in [0.1, 0.15) is 0 Å². The van der Waals surface area contributed by atoms with E-state index in [4.69, 9.17) is 0 Å². The number of Topliss-reactive ketones (excluding diaryl/α,β-unsaturated/α-hetero) is 1. The van der Waals surface area contributed by atoms with E-state index in [0.29, 0.717) is 24.2 Å². The van der Waals surface area contributed by atoms with Gasteiger partial charge in [-0.05, 0) is 24.6 Å². The highest BCUT2D eigenvalue weighted by molar-refractivity contribution is 9.10. The molecule has 0 spiro atoms. The zero-order valence-electron chi connectivity index (χ0n) is 10.3. The molecule has 1 aliphatic rings. The monoisotopic (exact) mass is 325 g/mol. The van der Waals surface area contributed by atoms with Crippen LogP contribution in [-0.2, 0) is 14.3 Å². The van der Waals surface area contributed by atoms with Crippen LogP contribution in [0.4, 0.5) is 5.69 Å². The SMILES string of the molecule is COC(=O)CCCN1C(=O)C(=O)c2cc(Br)ccc21. The zero-order chi connectivity index (χ0) is 14.0. The van der Waals surface area contributed by atoms with Crippen LogP contribution in [0.15, 0.2) is 22.7 Å². The van der Waals surface area contributed by atoms with E-state index in [1.807, 2.05) is 0 Å². The number of hydrogen-bond donors (Lipinski definition) is 0. The van der Waals surface area contributed by atoms with Gasteiger partial charge >= 0.3 is 5.97 Å². The second kappa shape index (κ2) is 5.52. The summed E-state index contributed by atoms with van der Waals surface area (Å²) in [5.41, 5.74) is 1.00. The Hall–Kier alpha value is -1.69. The van der Waals surface area contributed by atoms with Gasteiger partial charge in [-0.25, -0.2) is 0 Å². The molecular formula is C13H12BrNO4. The molecule has 1 amide bonds. The lowest BCUT2D eigenvalue weighted by molar-refractivity contribution is -0.140. The first-order chi connectivity index (χ1) is 9.04. The van der Waals surface area contributed by atoms with Crippen LogP contribution in [0.25, 0.3) is 0 Å². The number of benzene rings is 1. The molecule has 100 valence electrons. The van der Waals surface area contributed by atoms with Crippen molar-refractivity contribution in [2.75, 3.05) is 18.6 Å². The minimum absolute atomic E-state index is 0.223. The number of esters is 1. The lowest BCUT2D eigenvalue weighted by Gasteiger charge is -2.15. The van der Waals surface area contributed by atoms with Gasteiger partial charge in [0, 0.05) is 17.4 Å². The summed E-state index contributed by atoms with van der Waals surface area (Å²) in [5, 5.41) is 0. The summed E-state index contributed by atoms with van der Waals surface area (Å²) in [6.45, 7) is 0.328. The maximum absolute atomic E-state index is 11.9. The molecule has 0 fully saturated rings. The number of halogens is 1. The Morgan fingerprint density at radius 3 is 2.79 bits per heavy atom. The molecular weight excluding hydrogens is 314 g/mol. The molecule has 1 aromatic rings. The smallest absolute Gasteiger partial charge is 0.305 e. The van der Waals surface area contributed by atoms with E-state index in [0.717, 1.165) is 4.47 Å². The van der Waals surface area contributed by atoms with Crippen molar-refractivity contribution < 1.29 is 19.1 Å². The molecule has 1 aliphatic heterocycles. The molecule has 0 saturated heterocycles. The Bertz CT molecular complexity index is 556. The number of ketones is 1. The third-order valence-corrected chi connectivity index (χ3v) is 3.42. The Balaban J connectivity index is 2.13. The van der Waals surface area contributed by atoms with Crippen LogP contribution in [0.2, 0.25) is 0 Å². The van der Waals surface area contributed by atoms with Gasteiger partial charge in [-0.1, -0.05) is 15.9 Å². The summed E-state index contributed by atoms with van der Waals surface area (Å²) in [5.74, 6) is -1.37. The van der Waals surface area contributed by atoms with Crippen LogP contribution in [-0.4, -0.2) is 31.3 Å². The number of hydrogen-bond acceptors (Lipinski definition) is 4. The van der Waals surface area contributed by atoms with E-state index in [1.165, 1.54) is 12.0 Å². The molecule has 1 heterocycles. The number of rotatable bonds is 4. The molecule has 0 N–H and O–H groups in total. The van der Waals surface area contributed by atoms with E-state index < -0.39 is 11.7 Å². The first-order valence-electron chi connectivity index (χ1n) is 5.77. The molecule has 19 heavy (non-hydrogen) atoms. The number of nitrogens with zero attached hydrogens (tertiary/aromatic N) is 1. The lowest BCUT2D eigenvalue weighted by atomic mass is 10.1. The van der Waals surface area contributed by atoms with Crippen molar-refractivity contribution >= 4 is 39.3 Å². The van der Waals surface area contributed by atoms with Crippen LogP contribution >= 0.6 is 15.9 Å². The van der Waals surface area contributed by atoms with Crippen LogP contribution in [0, 0.1) is 0 Å². The van der Waals surface area contributed by atoms with E-state index in [-0.39, 0.29) is 12.4 Å². The average Bonchev–Trinajstić information content (AvgIpc) is 2.63. The second-order valence-corrected chi connectivity index (χ2v) is 5.04. The van der Waals surface area contributed by atoms with E-state index in [9.17, 15) is 14.4 Å². The predicted molar refractivity (Wildman–Crippen MR) is 72.1 cm³/mol. The minimum Gasteiger partial charge on any atom is -0.469 e. The molecule has 0 unspecified atom stereocenters. The highest BCUT2D eigenvalue weighted by Crippen LogP contribution is 2.31. The molecule has 0 saturated carbocycles. The van der Waals surface area contributed by atoms with Crippen LogP contribution < -0.4 is 4.90 Å². The summed E-state index contributed by atoms with van der Waals surface area (Å²) in [7, 11) is 1.32. The first-order valence-corrected chi connectivity index (χ1v) is 6.56. The summed E-state index contributed by atoms with van der Waals surface area (Å²) >= 11 is 3.27. The lowest BCUT2D eigenvalue weighted by Crippen LogP contribution is -2.31. The first kappa shape index (κ1) is 13.7. The van der Waals surface area contributed by atoms with Crippen molar-refractivity contribution in [1.82, 2.24) is 0 Å². The molecule has 0 aromatic heterocycles. The predicted octanol–water partition coefficient (Wildman–Crippen LogP) is 1.93. The van der Waals surface area contributed by atoms with Crippen LogP contribution in [0.3, 0.4) is 0 Å². The Labute approximate surface area is 118 Å². The molecule has 1 aromatic carbocycles. The van der Waals surface area contributed by atoms with Crippen molar-refractivity contribution in [2.45, 2.75) is 12.8 Å². The van der Waals surface area contributed by atoms with Crippen molar-refractivity contribution in [3.63, 3.8) is 0 Å². The highest BCUT2D eigenvalue weighted by Gasteiger charge is 2.35. The topological polar surface area (TPSA) is 63.7 Å². The van der Waals surface area contributed by atoms with E-state index in [2.05, 4.69) is 20.7 Å². The fraction of sp³-hybridized carbons (Fsp3) is 0.308. The van der Waals surface area contributed by atoms with E-state index >= 15 is 0 Å². The number of anilines is 1. The van der Waals surface area contributed by atoms with E-state index in [1.54, 1.807) is 18.2 Å². The summed E-state index contributed by atoms with van der Waals surface area (Å²) < 4.78 is 5.29. The Morgan fingerprint density at radius 2 is 2.11 bits per heavy atom. The van der Waals surface area contributed by atoms with Gasteiger partial charge in [0.15, 0.2) is 0 Å². The third-order valence-electron chi connectivity index (χ3n) is 2.92. The molecule has 0 aliphatic carbocycles. The maximum Gasteiger partial charge on any atom is 0.305 e. The normalized spacial score (nSPS) is 13.7. The standard InChI is InChI=1S/C13H12BrNO4/c1-19-11(16)3-2-6-15-10-5-4-8(14)7-9(10)12(17)13(15)18/h4-5,7H,2-3,6H2,1H3. The number of carbonyl (C=O) groups is 3. The largest absolute Gasteiger partial charge is 0.469 e. The molecule has 0 radical (unpaired) electrons. The quantitative estimate of drug-likeness (QED) is 0.626. The van der Waals surface area contributed by atoms with Crippen LogP contribution in [0.1, 0.15) is 23.2 Å². The Kier molecular flexibility index (Phi) is 3.99. The molecule has 6 heteroatoms. The van der Waals surface area contributed by atoms with Gasteiger partial charge in [-0.15, -0.1) is 0 Å². The van der Waals surface area contributed by atoms with Gasteiger partial charge < -0.3 is 9.64 Å². The summed E-state index contributed by atoms with van der Waals surface area (Å²) in [6.07, 6.45) is 0.682. The second-order valence-electron chi connectivity index (χ2n) is 4.13. The van der Waals surface area contributed by atoms with Gasteiger partial charge in [0.25, 0.3) is 11.7 Å². The van der Waals surface area contributed by atoms with Crippen molar-refractivity contribution in [1.29, 1.82) is 0 Å². The number of fused-ring (bicyclic) bond motifs is 1. The number of carbonyl (C=O) groups excluding carboxylic acids is 3. The van der Waals surface area contributed by atoms with Gasteiger partial charge in [0.2, 0.25) is 0 Å². The van der Waals surface area contributed by atoms with Gasteiger partial charge in [-0.2, -0.15) is 0 Å². The number of ether oxygens (including phenoxy) is 1. The molecule has 5 nitrogen and oxygen atoms in total. The highest BCUT2D eigenvalue weighted by atomic mass is 79.9. The molecule has 2 rings (SSSR count). The molecule has 0 bridgehead atoms. The van der Waals surface area contributed by atoms with Gasteiger partial charge in [0.05, 0.1) is 18.4 Å². The average molecular weight is 326 g/mol. The van der Waals surface area contributed by atoms with Crippen molar-refractivity contribution in [3.05, 3.63) is 28.2 Å². The van der Waals surface area contributed by atoms with Crippen molar-refractivity contribution in [2.24, 2.45) is 0 Å². The number of amides is 1. The Morgan fingerprint density at radius 1 is 1.37 bits per heavy atom. The van der Waals surface area contributed by atoms with Crippen LogP contribution in [0.5, 0.6) is 0 Å². The fourth-order valence-corrected chi connectivity index (χ4v) is 2.34. The third kappa shape index (κ3) is 2.68. The van der Waals surface area contributed by atoms with Gasteiger partial charge in [-0.3, -0.25) is 14.4 Å². The summed E-state index contributed by atoms with van der Waals surface area (Å²) in [6, 6.07) is 5.13. The maximum atomic E-state index is 11.9. The number of methoxy groups -OCH3 is 1. The van der Waals surface area contributed by atoms with Crippen molar-refractivity contribution in [3.8, 4) is 0 Å². The fourth-order valence-electron chi connectivity index (χ4n) is 1.98. The summed E-state index contributed by atoms with van der Waals surface area (Å²) in [4.78, 5) is 36.1. The molecule has 0 atom stereocenters. The zero-order valence-corrected chi connectivity index (χ0v) is 11.9. The minimum atomic E-state index is -0.544.